The molecule has 0 amide bonds. The molecule has 0 aliphatic heterocycles. The minimum Gasteiger partial charge on any atom is -0.260 e. The molecule has 0 spiro atoms. The van der Waals surface area contributed by atoms with E-state index in [9.17, 15) is 4.39 Å². The number of fused-ring (bicyclic) bond motifs is 1. The van der Waals surface area contributed by atoms with E-state index in [-0.39, 0.29) is 5.82 Å². The van der Waals surface area contributed by atoms with Crippen LogP contribution in [0.1, 0.15) is 37.9 Å². The third kappa shape index (κ3) is 3.23. The lowest BCUT2D eigenvalue weighted by molar-refractivity contribution is 0.634. The zero-order valence-corrected chi connectivity index (χ0v) is 14.4. The quantitative estimate of drug-likeness (QED) is 0.700. The molecular formula is C22H22FN. The second-order valence-electron chi connectivity index (χ2n) is 6.34. The van der Waals surface area contributed by atoms with E-state index in [1.54, 1.807) is 12.3 Å². The van der Waals surface area contributed by atoms with Gasteiger partial charge in [0.05, 0.1) is 5.69 Å². The van der Waals surface area contributed by atoms with Gasteiger partial charge in [-0.05, 0) is 46.4 Å². The molecule has 122 valence electrons. The maximum absolute atomic E-state index is 14.7. The molecule has 0 radical (unpaired) electrons. The second kappa shape index (κ2) is 6.96. The van der Waals surface area contributed by atoms with E-state index in [0.29, 0.717) is 17.7 Å². The summed E-state index contributed by atoms with van der Waals surface area (Å²) in [5, 5.41) is 3.89. The van der Waals surface area contributed by atoms with Gasteiger partial charge in [-0.15, -0.1) is 0 Å². The standard InChI is InChI=1S/C22H22FN/c1-4-16-7-5-6-8-17(16)9-10-21-22-18(11-12-24-21)13-19(15(2)3)14-20(22)23/h4-9,11-15H,10H2,1-3H3/b16-4-,17-9-. The highest BCUT2D eigenvalue weighted by atomic mass is 19.1. The van der Waals surface area contributed by atoms with Crippen molar-refractivity contribution in [2.24, 2.45) is 0 Å². The third-order valence-corrected chi connectivity index (χ3v) is 4.41. The van der Waals surface area contributed by atoms with Crippen molar-refractivity contribution in [3.63, 3.8) is 0 Å². The van der Waals surface area contributed by atoms with Crippen LogP contribution >= 0.6 is 0 Å². The van der Waals surface area contributed by atoms with Gasteiger partial charge in [-0.2, -0.15) is 0 Å². The van der Waals surface area contributed by atoms with Crippen molar-refractivity contribution in [1.29, 1.82) is 0 Å². The monoisotopic (exact) mass is 319 g/mol. The van der Waals surface area contributed by atoms with Crippen molar-refractivity contribution < 1.29 is 4.39 Å². The lowest BCUT2D eigenvalue weighted by Gasteiger charge is -2.10. The first-order valence-corrected chi connectivity index (χ1v) is 8.38. The zero-order chi connectivity index (χ0) is 17.1. The van der Waals surface area contributed by atoms with E-state index in [1.807, 2.05) is 25.1 Å². The van der Waals surface area contributed by atoms with Crippen LogP contribution in [0.3, 0.4) is 0 Å². The number of nitrogens with zero attached hydrogens (tertiary/aromatic N) is 1. The Bertz CT molecular complexity index is 987. The predicted octanol–water partition coefficient (Wildman–Crippen LogP) is 4.32. The van der Waals surface area contributed by atoms with Crippen LogP contribution in [0, 0.1) is 5.82 Å². The Morgan fingerprint density at radius 1 is 1.08 bits per heavy atom. The minimum atomic E-state index is -0.178. The van der Waals surface area contributed by atoms with E-state index < -0.39 is 0 Å². The summed E-state index contributed by atoms with van der Waals surface area (Å²) in [7, 11) is 0. The molecule has 3 aromatic rings. The highest BCUT2D eigenvalue weighted by molar-refractivity contribution is 5.86. The van der Waals surface area contributed by atoms with Gasteiger partial charge in [0.15, 0.2) is 0 Å². The molecule has 0 aliphatic carbocycles. The highest BCUT2D eigenvalue weighted by Crippen LogP contribution is 2.26. The molecular weight excluding hydrogens is 297 g/mol. The third-order valence-electron chi connectivity index (χ3n) is 4.41. The van der Waals surface area contributed by atoms with Gasteiger partial charge >= 0.3 is 0 Å². The van der Waals surface area contributed by atoms with Crippen molar-refractivity contribution in [1.82, 2.24) is 4.98 Å². The SMILES string of the molecule is C/C=c1/cccc/c1=C/Cc1nccc2cc(C(C)C)cc(F)c12. The molecule has 0 unspecified atom stereocenters. The molecule has 0 fully saturated rings. The molecule has 2 heteroatoms. The summed E-state index contributed by atoms with van der Waals surface area (Å²) >= 11 is 0. The van der Waals surface area contributed by atoms with Crippen LogP contribution < -0.4 is 10.4 Å². The number of benzene rings is 2. The largest absolute Gasteiger partial charge is 0.260 e. The van der Waals surface area contributed by atoms with Gasteiger partial charge < -0.3 is 0 Å². The summed E-state index contributed by atoms with van der Waals surface area (Å²) in [4.78, 5) is 4.43. The number of pyridine rings is 1. The van der Waals surface area contributed by atoms with Gasteiger partial charge in [0.25, 0.3) is 0 Å². The smallest absolute Gasteiger partial charge is 0.133 e. The Morgan fingerprint density at radius 2 is 1.83 bits per heavy atom. The summed E-state index contributed by atoms with van der Waals surface area (Å²) in [6.07, 6.45) is 6.58. The topological polar surface area (TPSA) is 12.9 Å². The van der Waals surface area contributed by atoms with Crippen molar-refractivity contribution in [2.75, 3.05) is 0 Å². The fraction of sp³-hybridized carbons (Fsp3) is 0.227. The summed E-state index contributed by atoms with van der Waals surface area (Å²) < 4.78 is 14.7. The molecule has 1 heterocycles. The number of aromatic nitrogens is 1. The van der Waals surface area contributed by atoms with Crippen molar-refractivity contribution >= 4 is 22.9 Å². The van der Waals surface area contributed by atoms with Crippen LogP contribution in [-0.4, -0.2) is 4.98 Å². The van der Waals surface area contributed by atoms with Crippen LogP contribution in [0.5, 0.6) is 0 Å². The molecule has 0 saturated heterocycles. The highest BCUT2D eigenvalue weighted by Gasteiger charge is 2.10. The average Bonchev–Trinajstić information content (AvgIpc) is 2.59. The predicted molar refractivity (Wildman–Crippen MR) is 99.8 cm³/mol. The van der Waals surface area contributed by atoms with Gasteiger partial charge in [-0.25, -0.2) is 4.39 Å². The molecule has 0 saturated carbocycles. The Hall–Kier alpha value is -2.48. The molecule has 0 atom stereocenters. The Kier molecular flexibility index (Phi) is 4.75. The average molecular weight is 319 g/mol. The Morgan fingerprint density at radius 3 is 2.54 bits per heavy atom. The van der Waals surface area contributed by atoms with Crippen molar-refractivity contribution in [2.45, 2.75) is 33.1 Å². The zero-order valence-electron chi connectivity index (χ0n) is 14.4. The first-order chi connectivity index (χ1) is 11.6. The molecule has 3 rings (SSSR count). The van der Waals surface area contributed by atoms with E-state index in [1.165, 1.54) is 5.22 Å². The summed E-state index contributed by atoms with van der Waals surface area (Å²) in [5.41, 5.74) is 1.80. The fourth-order valence-corrected chi connectivity index (χ4v) is 3.01. The van der Waals surface area contributed by atoms with Crippen LogP contribution in [0.25, 0.3) is 22.9 Å². The first kappa shape index (κ1) is 16.4. The molecule has 1 aromatic heterocycles. The second-order valence-corrected chi connectivity index (χ2v) is 6.34. The van der Waals surface area contributed by atoms with Gasteiger partial charge in [0, 0.05) is 18.0 Å². The number of hydrogen-bond acceptors (Lipinski definition) is 1. The fourth-order valence-electron chi connectivity index (χ4n) is 3.01. The summed E-state index contributed by atoms with van der Waals surface area (Å²) in [5.74, 6) is 0.127. The van der Waals surface area contributed by atoms with Crippen LogP contribution in [0.15, 0.2) is 48.7 Å². The molecule has 2 aromatic carbocycles. The normalized spacial score (nSPS) is 13.2. The number of halogens is 1. The van der Waals surface area contributed by atoms with Crippen LogP contribution in [-0.2, 0) is 6.42 Å². The van der Waals surface area contributed by atoms with E-state index in [4.69, 9.17) is 0 Å². The van der Waals surface area contributed by atoms with Crippen LogP contribution in [0.2, 0.25) is 0 Å². The summed E-state index contributed by atoms with van der Waals surface area (Å²) in [6.45, 7) is 6.18. The molecule has 0 aliphatic rings. The molecule has 0 N–H and O–H groups in total. The van der Waals surface area contributed by atoms with Crippen LogP contribution in [0.4, 0.5) is 4.39 Å². The molecule has 24 heavy (non-hydrogen) atoms. The lowest BCUT2D eigenvalue weighted by Crippen LogP contribution is -2.23. The van der Waals surface area contributed by atoms with Gasteiger partial charge in [0.1, 0.15) is 5.82 Å². The maximum atomic E-state index is 14.7. The Balaban J connectivity index is 2.11. The van der Waals surface area contributed by atoms with Gasteiger partial charge in [0.2, 0.25) is 0 Å². The molecule has 1 nitrogen and oxygen atoms in total. The van der Waals surface area contributed by atoms with Crippen molar-refractivity contribution in [3.05, 3.63) is 76.2 Å². The van der Waals surface area contributed by atoms with Gasteiger partial charge in [-0.3, -0.25) is 4.98 Å². The van der Waals surface area contributed by atoms with Gasteiger partial charge in [-0.1, -0.05) is 56.3 Å². The van der Waals surface area contributed by atoms with E-state index >= 15 is 0 Å². The first-order valence-electron chi connectivity index (χ1n) is 8.38. The summed E-state index contributed by atoms with van der Waals surface area (Å²) in [6, 6.07) is 13.8. The minimum absolute atomic E-state index is 0.178. The van der Waals surface area contributed by atoms with E-state index in [2.05, 4.69) is 49.2 Å². The van der Waals surface area contributed by atoms with Crippen molar-refractivity contribution in [3.8, 4) is 0 Å². The van der Waals surface area contributed by atoms with E-state index in [0.717, 1.165) is 21.9 Å². The molecule has 0 bridgehead atoms. The number of hydrogen-bond donors (Lipinski definition) is 0. The number of rotatable bonds is 3. The lowest BCUT2D eigenvalue weighted by atomic mass is 9.98. The Labute approximate surface area is 142 Å². The maximum Gasteiger partial charge on any atom is 0.133 e.